The molecule has 1 unspecified atom stereocenters. The predicted molar refractivity (Wildman–Crippen MR) is 68.5 cm³/mol. The van der Waals surface area contributed by atoms with Crippen LogP contribution in [0.4, 0.5) is 5.69 Å². The molecule has 0 saturated heterocycles. The van der Waals surface area contributed by atoms with Gasteiger partial charge in [-0.2, -0.15) is 0 Å². The predicted octanol–water partition coefficient (Wildman–Crippen LogP) is 2.46. The third-order valence-corrected chi connectivity index (χ3v) is 3.81. The number of hydrogen-bond acceptors (Lipinski definition) is 4. The molecule has 0 saturated carbocycles. The average molecular weight is 244 g/mol. The van der Waals surface area contributed by atoms with Crippen molar-refractivity contribution in [2.24, 2.45) is 0 Å². The number of benzene rings is 1. The van der Waals surface area contributed by atoms with Gasteiger partial charge in [-0.25, -0.2) is 4.98 Å². The molecule has 2 aromatic rings. The monoisotopic (exact) mass is 244 g/mol. The molecule has 1 atom stereocenters. The number of anilines is 1. The highest BCUT2D eigenvalue weighted by Gasteiger charge is 2.28. The number of Topliss-reactive ketones (excluding diaryl/α,β-unsaturated/α-hetero) is 1. The summed E-state index contributed by atoms with van der Waals surface area (Å²) in [4.78, 5) is 16.4. The average Bonchev–Trinajstić information content (AvgIpc) is 2.96. The Kier molecular flexibility index (Phi) is 2.65. The van der Waals surface area contributed by atoms with Gasteiger partial charge in [0.1, 0.15) is 5.78 Å². The van der Waals surface area contributed by atoms with Gasteiger partial charge in [-0.15, -0.1) is 11.3 Å². The lowest BCUT2D eigenvalue weighted by Crippen LogP contribution is -2.16. The first-order chi connectivity index (χ1) is 8.34. The van der Waals surface area contributed by atoms with Gasteiger partial charge in [0.05, 0.1) is 17.3 Å². The maximum Gasteiger partial charge on any atom is 0.148 e. The van der Waals surface area contributed by atoms with Crippen LogP contribution in [-0.2, 0) is 11.2 Å². The molecule has 3 rings (SSSR count). The summed E-state index contributed by atoms with van der Waals surface area (Å²) in [7, 11) is 0. The van der Waals surface area contributed by atoms with E-state index in [9.17, 15) is 4.79 Å². The minimum atomic E-state index is -0.0184. The van der Waals surface area contributed by atoms with Gasteiger partial charge in [0.2, 0.25) is 0 Å². The van der Waals surface area contributed by atoms with E-state index in [0.717, 1.165) is 16.3 Å². The van der Waals surface area contributed by atoms with Gasteiger partial charge in [0, 0.05) is 23.8 Å². The normalized spacial score (nSPS) is 17.5. The van der Waals surface area contributed by atoms with Crippen molar-refractivity contribution < 1.29 is 4.79 Å². The lowest BCUT2D eigenvalue weighted by atomic mass is 9.95. The smallest absolute Gasteiger partial charge is 0.148 e. The number of hydrogen-bond donors (Lipinski definition) is 1. The van der Waals surface area contributed by atoms with E-state index in [-0.39, 0.29) is 11.7 Å². The number of rotatable bonds is 3. The molecule has 1 aromatic heterocycles. The van der Waals surface area contributed by atoms with Crippen molar-refractivity contribution in [1.29, 1.82) is 0 Å². The summed E-state index contributed by atoms with van der Waals surface area (Å²) in [6, 6.07) is 8.01. The van der Waals surface area contributed by atoms with Gasteiger partial charge < -0.3 is 5.32 Å². The molecule has 17 heavy (non-hydrogen) atoms. The molecule has 0 spiro atoms. The topological polar surface area (TPSA) is 42.0 Å². The van der Waals surface area contributed by atoms with Crippen LogP contribution in [0.15, 0.2) is 35.8 Å². The summed E-state index contributed by atoms with van der Waals surface area (Å²) in [6.45, 7) is 0.712. The number of aromatic nitrogens is 1. The Morgan fingerprint density at radius 3 is 3.18 bits per heavy atom. The first-order valence-electron chi connectivity index (χ1n) is 5.58. The third-order valence-electron chi connectivity index (χ3n) is 3.03. The molecule has 4 heteroatoms. The SMILES string of the molecule is O=C(Cc1nccs1)C1CNc2ccccc21. The Hall–Kier alpha value is -1.68. The first kappa shape index (κ1) is 10.5. The van der Waals surface area contributed by atoms with Crippen LogP contribution in [0.3, 0.4) is 0 Å². The number of ketones is 1. The summed E-state index contributed by atoms with van der Waals surface area (Å²) in [6.07, 6.45) is 2.19. The molecule has 0 bridgehead atoms. The van der Waals surface area contributed by atoms with E-state index in [4.69, 9.17) is 0 Å². The van der Waals surface area contributed by atoms with Crippen LogP contribution in [-0.4, -0.2) is 17.3 Å². The Bertz CT molecular complexity index is 536. The zero-order valence-corrected chi connectivity index (χ0v) is 10.0. The van der Waals surface area contributed by atoms with Gasteiger partial charge in [-0.3, -0.25) is 4.79 Å². The molecule has 0 aliphatic carbocycles. The molecular weight excluding hydrogens is 232 g/mol. The second-order valence-corrected chi connectivity index (χ2v) is 5.07. The van der Waals surface area contributed by atoms with E-state index in [2.05, 4.69) is 10.3 Å². The van der Waals surface area contributed by atoms with E-state index in [1.54, 1.807) is 6.20 Å². The summed E-state index contributed by atoms with van der Waals surface area (Å²) in [5.74, 6) is 0.229. The lowest BCUT2D eigenvalue weighted by molar-refractivity contribution is -0.119. The van der Waals surface area contributed by atoms with E-state index >= 15 is 0 Å². The summed E-state index contributed by atoms with van der Waals surface area (Å²) >= 11 is 1.54. The van der Waals surface area contributed by atoms with E-state index in [1.807, 2.05) is 29.6 Å². The third kappa shape index (κ3) is 1.96. The quantitative estimate of drug-likeness (QED) is 0.901. The van der Waals surface area contributed by atoms with Crippen LogP contribution < -0.4 is 5.32 Å². The zero-order valence-electron chi connectivity index (χ0n) is 9.22. The van der Waals surface area contributed by atoms with Gasteiger partial charge in [0.25, 0.3) is 0 Å². The van der Waals surface area contributed by atoms with Crippen molar-refractivity contribution in [2.45, 2.75) is 12.3 Å². The maximum absolute atomic E-state index is 12.2. The highest BCUT2D eigenvalue weighted by molar-refractivity contribution is 7.09. The number of para-hydroxylation sites is 1. The van der Waals surface area contributed by atoms with Crippen molar-refractivity contribution in [2.75, 3.05) is 11.9 Å². The Labute approximate surface area is 104 Å². The van der Waals surface area contributed by atoms with E-state index < -0.39 is 0 Å². The summed E-state index contributed by atoms with van der Waals surface area (Å²) in [5, 5.41) is 6.08. The number of thiazole rings is 1. The summed E-state index contributed by atoms with van der Waals surface area (Å²) < 4.78 is 0. The molecule has 1 aromatic carbocycles. The van der Waals surface area contributed by atoms with Crippen molar-refractivity contribution >= 4 is 22.8 Å². The number of fused-ring (bicyclic) bond motifs is 1. The minimum absolute atomic E-state index is 0.0184. The number of carbonyl (C=O) groups is 1. The van der Waals surface area contributed by atoms with Crippen molar-refractivity contribution in [3.8, 4) is 0 Å². The molecule has 1 N–H and O–H groups in total. The Morgan fingerprint density at radius 1 is 1.47 bits per heavy atom. The number of carbonyl (C=O) groups excluding carboxylic acids is 1. The molecule has 1 aliphatic heterocycles. The van der Waals surface area contributed by atoms with E-state index in [0.29, 0.717) is 13.0 Å². The molecular formula is C13H12N2OS. The fourth-order valence-corrected chi connectivity index (χ4v) is 2.81. The van der Waals surface area contributed by atoms with Crippen LogP contribution in [0.2, 0.25) is 0 Å². The molecule has 86 valence electrons. The molecule has 0 fully saturated rings. The fraction of sp³-hybridized carbons (Fsp3) is 0.231. The van der Waals surface area contributed by atoms with Crippen molar-refractivity contribution in [3.05, 3.63) is 46.4 Å². The van der Waals surface area contributed by atoms with E-state index in [1.165, 1.54) is 11.3 Å². The second-order valence-electron chi connectivity index (χ2n) is 4.09. The molecule has 1 aliphatic rings. The zero-order chi connectivity index (χ0) is 11.7. The van der Waals surface area contributed by atoms with Crippen LogP contribution in [0.5, 0.6) is 0 Å². The van der Waals surface area contributed by atoms with Crippen LogP contribution in [0.1, 0.15) is 16.5 Å². The Morgan fingerprint density at radius 2 is 2.35 bits per heavy atom. The van der Waals surface area contributed by atoms with Crippen molar-refractivity contribution in [1.82, 2.24) is 4.98 Å². The standard InChI is InChI=1S/C13H12N2OS/c16-12(7-13-14-5-6-17-13)10-8-15-11-4-2-1-3-9(10)11/h1-6,10,15H,7-8H2. The number of nitrogens with zero attached hydrogens (tertiary/aromatic N) is 1. The first-order valence-corrected chi connectivity index (χ1v) is 6.46. The number of nitrogens with one attached hydrogen (secondary N) is 1. The molecule has 2 heterocycles. The van der Waals surface area contributed by atoms with Crippen molar-refractivity contribution in [3.63, 3.8) is 0 Å². The molecule has 0 amide bonds. The largest absolute Gasteiger partial charge is 0.384 e. The van der Waals surface area contributed by atoms with Gasteiger partial charge in [0.15, 0.2) is 0 Å². The van der Waals surface area contributed by atoms with Gasteiger partial charge in [-0.1, -0.05) is 18.2 Å². The van der Waals surface area contributed by atoms with Gasteiger partial charge >= 0.3 is 0 Å². The van der Waals surface area contributed by atoms with Gasteiger partial charge in [-0.05, 0) is 11.6 Å². The fourth-order valence-electron chi connectivity index (χ4n) is 2.18. The van der Waals surface area contributed by atoms with Crippen LogP contribution in [0.25, 0.3) is 0 Å². The summed E-state index contributed by atoms with van der Waals surface area (Å²) in [5.41, 5.74) is 2.21. The second kappa shape index (κ2) is 4.30. The highest BCUT2D eigenvalue weighted by atomic mass is 32.1. The lowest BCUT2D eigenvalue weighted by Gasteiger charge is -2.07. The Balaban J connectivity index is 1.80. The minimum Gasteiger partial charge on any atom is -0.384 e. The maximum atomic E-state index is 12.2. The molecule has 3 nitrogen and oxygen atoms in total. The van der Waals surface area contributed by atoms with Crippen LogP contribution in [0, 0.1) is 0 Å². The van der Waals surface area contributed by atoms with Crippen LogP contribution >= 0.6 is 11.3 Å². The highest BCUT2D eigenvalue weighted by Crippen LogP contribution is 2.32. The molecule has 0 radical (unpaired) electrons.